The van der Waals surface area contributed by atoms with Crippen molar-refractivity contribution in [3.8, 4) is 0 Å². The molecule has 2 unspecified atom stereocenters. The predicted molar refractivity (Wildman–Crippen MR) is 71.0 cm³/mol. The lowest BCUT2D eigenvalue weighted by Gasteiger charge is -2.27. The second-order valence-electron chi connectivity index (χ2n) is 4.79. The van der Waals surface area contributed by atoms with Crippen LogP contribution in [0.25, 0.3) is 0 Å². The van der Waals surface area contributed by atoms with E-state index in [2.05, 4.69) is 26.0 Å². The van der Waals surface area contributed by atoms with Gasteiger partial charge in [0.25, 0.3) is 0 Å². The number of rotatable bonds is 6. The molecule has 0 saturated carbocycles. The highest BCUT2D eigenvalue weighted by Gasteiger charge is 2.26. The Kier molecular flexibility index (Phi) is 5.16. The molecule has 1 aromatic rings. The van der Waals surface area contributed by atoms with Gasteiger partial charge in [-0.2, -0.15) is 0 Å². The summed E-state index contributed by atoms with van der Waals surface area (Å²) < 4.78 is 0. The normalized spacial score (nSPS) is 16.5. The topological polar surface area (TPSA) is 40.5 Å². The van der Waals surface area contributed by atoms with Gasteiger partial charge in [0, 0.05) is 13.0 Å². The summed E-state index contributed by atoms with van der Waals surface area (Å²) in [5.41, 5.74) is 1.32. The lowest BCUT2D eigenvalue weighted by atomic mass is 9.86. The van der Waals surface area contributed by atoms with Crippen molar-refractivity contribution in [1.82, 2.24) is 0 Å². The Hall–Kier alpha value is -0.860. The molecule has 0 aliphatic rings. The summed E-state index contributed by atoms with van der Waals surface area (Å²) in [7, 11) is 0. The summed E-state index contributed by atoms with van der Waals surface area (Å²) in [4.78, 5) is 0. The number of aliphatic hydroxyl groups excluding tert-OH is 1. The fraction of sp³-hybridized carbons (Fsp3) is 0.600. The first-order valence-corrected chi connectivity index (χ1v) is 6.51. The van der Waals surface area contributed by atoms with Crippen LogP contribution in [0.3, 0.4) is 0 Å². The average Bonchev–Trinajstić information content (AvgIpc) is 2.38. The Morgan fingerprint density at radius 1 is 1.18 bits per heavy atom. The monoisotopic (exact) mass is 236 g/mol. The molecule has 0 bridgehead atoms. The standard InChI is InChI=1S/C15H24O2/c1-4-12(3)13-6-8-14(9-7-13)15(17,5-2)10-11-16/h6-9,12,16-17H,4-5,10-11H2,1-3H3. The van der Waals surface area contributed by atoms with Crippen LogP contribution >= 0.6 is 0 Å². The van der Waals surface area contributed by atoms with Gasteiger partial charge in [0.1, 0.15) is 0 Å². The molecule has 0 radical (unpaired) electrons. The first kappa shape index (κ1) is 14.2. The first-order valence-electron chi connectivity index (χ1n) is 6.51. The van der Waals surface area contributed by atoms with Gasteiger partial charge < -0.3 is 10.2 Å². The smallest absolute Gasteiger partial charge is 0.0915 e. The van der Waals surface area contributed by atoms with Gasteiger partial charge in [-0.1, -0.05) is 45.0 Å². The van der Waals surface area contributed by atoms with E-state index in [9.17, 15) is 5.11 Å². The van der Waals surface area contributed by atoms with Crippen LogP contribution in [0.5, 0.6) is 0 Å². The molecule has 17 heavy (non-hydrogen) atoms. The molecule has 2 N–H and O–H groups in total. The van der Waals surface area contributed by atoms with E-state index in [-0.39, 0.29) is 6.61 Å². The molecule has 0 amide bonds. The maximum absolute atomic E-state index is 10.4. The molecule has 0 aliphatic carbocycles. The minimum atomic E-state index is -0.886. The van der Waals surface area contributed by atoms with Crippen molar-refractivity contribution in [2.75, 3.05) is 6.61 Å². The van der Waals surface area contributed by atoms with E-state index in [0.717, 1.165) is 12.0 Å². The molecule has 0 aliphatic heterocycles. The van der Waals surface area contributed by atoms with E-state index in [4.69, 9.17) is 5.11 Å². The van der Waals surface area contributed by atoms with Crippen molar-refractivity contribution in [3.63, 3.8) is 0 Å². The Morgan fingerprint density at radius 3 is 2.18 bits per heavy atom. The van der Waals surface area contributed by atoms with Gasteiger partial charge in [0.15, 0.2) is 0 Å². The van der Waals surface area contributed by atoms with Crippen molar-refractivity contribution in [3.05, 3.63) is 35.4 Å². The summed E-state index contributed by atoms with van der Waals surface area (Å²) in [6.07, 6.45) is 2.14. The molecule has 1 rings (SSSR count). The molecule has 0 spiro atoms. The van der Waals surface area contributed by atoms with Crippen LogP contribution in [0.2, 0.25) is 0 Å². The largest absolute Gasteiger partial charge is 0.396 e. The molecule has 2 heteroatoms. The Balaban J connectivity index is 2.92. The van der Waals surface area contributed by atoms with Crippen molar-refractivity contribution in [1.29, 1.82) is 0 Å². The van der Waals surface area contributed by atoms with Crippen LogP contribution in [-0.2, 0) is 5.60 Å². The van der Waals surface area contributed by atoms with E-state index >= 15 is 0 Å². The molecular formula is C15H24O2. The highest BCUT2D eigenvalue weighted by atomic mass is 16.3. The molecular weight excluding hydrogens is 212 g/mol. The van der Waals surface area contributed by atoms with E-state index in [0.29, 0.717) is 18.8 Å². The third-order valence-corrected chi connectivity index (χ3v) is 3.74. The lowest BCUT2D eigenvalue weighted by Crippen LogP contribution is -2.26. The van der Waals surface area contributed by atoms with Gasteiger partial charge >= 0.3 is 0 Å². The fourth-order valence-electron chi connectivity index (χ4n) is 2.07. The van der Waals surface area contributed by atoms with Crippen LogP contribution < -0.4 is 0 Å². The van der Waals surface area contributed by atoms with E-state index < -0.39 is 5.60 Å². The van der Waals surface area contributed by atoms with Crippen molar-refractivity contribution in [2.24, 2.45) is 0 Å². The van der Waals surface area contributed by atoms with Crippen LogP contribution in [-0.4, -0.2) is 16.8 Å². The zero-order valence-corrected chi connectivity index (χ0v) is 11.1. The Morgan fingerprint density at radius 2 is 1.76 bits per heavy atom. The van der Waals surface area contributed by atoms with Gasteiger partial charge in [-0.3, -0.25) is 0 Å². The van der Waals surface area contributed by atoms with Gasteiger partial charge in [-0.15, -0.1) is 0 Å². The van der Waals surface area contributed by atoms with E-state index in [1.165, 1.54) is 5.56 Å². The minimum Gasteiger partial charge on any atom is -0.396 e. The number of benzene rings is 1. The maximum atomic E-state index is 10.4. The third kappa shape index (κ3) is 3.30. The summed E-state index contributed by atoms with van der Waals surface area (Å²) >= 11 is 0. The number of hydrogen-bond donors (Lipinski definition) is 2. The summed E-state index contributed by atoms with van der Waals surface area (Å²) in [5.74, 6) is 0.552. The SMILES string of the molecule is CCC(C)c1ccc(C(O)(CC)CCO)cc1. The van der Waals surface area contributed by atoms with Gasteiger partial charge in [0.2, 0.25) is 0 Å². The number of hydrogen-bond acceptors (Lipinski definition) is 2. The first-order chi connectivity index (χ1) is 8.07. The summed E-state index contributed by atoms with van der Waals surface area (Å²) in [5, 5.41) is 19.4. The van der Waals surface area contributed by atoms with Crippen molar-refractivity contribution in [2.45, 2.75) is 51.6 Å². The summed E-state index contributed by atoms with van der Waals surface area (Å²) in [6.45, 7) is 6.33. The molecule has 2 atom stereocenters. The quantitative estimate of drug-likeness (QED) is 0.796. The summed E-state index contributed by atoms with van der Waals surface area (Å²) in [6, 6.07) is 8.14. The van der Waals surface area contributed by atoms with Crippen molar-refractivity contribution >= 4 is 0 Å². The molecule has 0 heterocycles. The van der Waals surface area contributed by atoms with Gasteiger partial charge in [-0.05, 0) is 29.9 Å². The second-order valence-corrected chi connectivity index (χ2v) is 4.79. The average molecular weight is 236 g/mol. The minimum absolute atomic E-state index is 0.0114. The van der Waals surface area contributed by atoms with Crippen LogP contribution in [0.1, 0.15) is 57.1 Å². The van der Waals surface area contributed by atoms with Crippen LogP contribution in [0, 0.1) is 0 Å². The molecule has 1 aromatic carbocycles. The molecule has 0 aromatic heterocycles. The van der Waals surface area contributed by atoms with Gasteiger partial charge in [-0.25, -0.2) is 0 Å². The fourth-order valence-corrected chi connectivity index (χ4v) is 2.07. The van der Waals surface area contributed by atoms with E-state index in [1.807, 2.05) is 19.1 Å². The highest BCUT2D eigenvalue weighted by Crippen LogP contribution is 2.30. The molecule has 2 nitrogen and oxygen atoms in total. The highest BCUT2D eigenvalue weighted by molar-refractivity contribution is 5.29. The van der Waals surface area contributed by atoms with Gasteiger partial charge in [0.05, 0.1) is 5.60 Å². The zero-order valence-electron chi connectivity index (χ0n) is 11.1. The van der Waals surface area contributed by atoms with Crippen LogP contribution in [0.4, 0.5) is 0 Å². The van der Waals surface area contributed by atoms with Crippen LogP contribution in [0.15, 0.2) is 24.3 Å². The number of aliphatic hydroxyl groups is 2. The Labute approximate surface area is 104 Å². The Bertz CT molecular complexity index is 331. The van der Waals surface area contributed by atoms with Crippen molar-refractivity contribution < 1.29 is 10.2 Å². The van der Waals surface area contributed by atoms with E-state index in [1.54, 1.807) is 0 Å². The molecule has 0 fully saturated rings. The molecule has 96 valence electrons. The zero-order chi connectivity index (χ0) is 12.9. The predicted octanol–water partition coefficient (Wildman–Crippen LogP) is 3.18. The second kappa shape index (κ2) is 6.18. The molecule has 0 saturated heterocycles. The lowest BCUT2D eigenvalue weighted by molar-refractivity contribution is 0.00777. The maximum Gasteiger partial charge on any atom is 0.0915 e. The third-order valence-electron chi connectivity index (χ3n) is 3.74.